The van der Waals surface area contributed by atoms with Gasteiger partial charge in [0.25, 0.3) is 5.91 Å². The third-order valence-corrected chi connectivity index (χ3v) is 4.91. The fourth-order valence-electron chi connectivity index (χ4n) is 2.69. The number of ether oxygens (including phenoxy) is 1. The lowest BCUT2D eigenvalue weighted by Gasteiger charge is -2.28. The van der Waals surface area contributed by atoms with Gasteiger partial charge in [0.05, 0.1) is 0 Å². The molecule has 0 saturated carbocycles. The molecule has 2 amide bonds. The van der Waals surface area contributed by atoms with E-state index in [2.05, 4.69) is 12.2 Å². The summed E-state index contributed by atoms with van der Waals surface area (Å²) in [6.07, 6.45) is 1.87. The maximum absolute atomic E-state index is 12.9. The lowest BCUT2D eigenvalue weighted by Crippen LogP contribution is -2.49. The van der Waals surface area contributed by atoms with Gasteiger partial charge in [0.15, 0.2) is 6.61 Å². The van der Waals surface area contributed by atoms with Crippen molar-refractivity contribution in [2.45, 2.75) is 39.3 Å². The van der Waals surface area contributed by atoms with Gasteiger partial charge in [0.1, 0.15) is 11.8 Å². The van der Waals surface area contributed by atoms with Crippen molar-refractivity contribution >= 4 is 35.0 Å². The Morgan fingerprint density at radius 1 is 1.10 bits per heavy atom. The van der Waals surface area contributed by atoms with Gasteiger partial charge in [-0.1, -0.05) is 54.7 Å². The zero-order valence-corrected chi connectivity index (χ0v) is 18.2. The molecular weight excluding hydrogens is 411 g/mol. The van der Waals surface area contributed by atoms with Crippen LogP contribution in [0.4, 0.5) is 0 Å². The minimum atomic E-state index is -0.641. The van der Waals surface area contributed by atoms with Gasteiger partial charge in [-0.3, -0.25) is 9.59 Å². The quantitative estimate of drug-likeness (QED) is 0.548. The summed E-state index contributed by atoms with van der Waals surface area (Å²) in [4.78, 5) is 27.0. The Balaban J connectivity index is 2.10. The highest BCUT2D eigenvalue weighted by Crippen LogP contribution is 2.18. The van der Waals surface area contributed by atoms with E-state index in [1.54, 1.807) is 43.3 Å². The highest BCUT2D eigenvalue weighted by molar-refractivity contribution is 6.30. The molecule has 5 nitrogen and oxygen atoms in total. The van der Waals surface area contributed by atoms with Gasteiger partial charge in [0, 0.05) is 23.1 Å². The minimum Gasteiger partial charge on any atom is -0.484 e. The van der Waals surface area contributed by atoms with Crippen LogP contribution in [0.2, 0.25) is 10.0 Å². The number of amides is 2. The van der Waals surface area contributed by atoms with Crippen LogP contribution in [0.25, 0.3) is 0 Å². The molecule has 0 spiro atoms. The molecule has 7 heteroatoms. The monoisotopic (exact) mass is 436 g/mol. The SMILES string of the molecule is CCCCNC(=O)[C@H](C)N(Cc1ccc(Cl)cc1)C(=O)COc1cccc(Cl)c1. The largest absolute Gasteiger partial charge is 0.484 e. The summed E-state index contributed by atoms with van der Waals surface area (Å²) in [7, 11) is 0. The summed E-state index contributed by atoms with van der Waals surface area (Å²) in [5.41, 5.74) is 0.874. The van der Waals surface area contributed by atoms with Gasteiger partial charge in [0.2, 0.25) is 5.91 Å². The fourth-order valence-corrected chi connectivity index (χ4v) is 3.00. The van der Waals surface area contributed by atoms with Crippen LogP contribution in [-0.4, -0.2) is 35.9 Å². The van der Waals surface area contributed by atoms with Crippen molar-refractivity contribution in [2.24, 2.45) is 0 Å². The van der Waals surface area contributed by atoms with Crippen LogP contribution in [0.3, 0.4) is 0 Å². The number of carbonyl (C=O) groups is 2. The van der Waals surface area contributed by atoms with Crippen LogP contribution in [0, 0.1) is 0 Å². The van der Waals surface area contributed by atoms with Crippen LogP contribution in [0.1, 0.15) is 32.3 Å². The van der Waals surface area contributed by atoms with Crippen LogP contribution in [0.5, 0.6) is 5.75 Å². The molecule has 0 aliphatic rings. The number of benzene rings is 2. The minimum absolute atomic E-state index is 0.191. The maximum Gasteiger partial charge on any atom is 0.261 e. The Morgan fingerprint density at radius 2 is 1.83 bits per heavy atom. The molecule has 2 aromatic carbocycles. The average Bonchev–Trinajstić information content (AvgIpc) is 2.71. The van der Waals surface area contributed by atoms with Crippen molar-refractivity contribution in [3.63, 3.8) is 0 Å². The van der Waals surface area contributed by atoms with Gasteiger partial charge in [-0.05, 0) is 49.2 Å². The van der Waals surface area contributed by atoms with Crippen molar-refractivity contribution in [1.82, 2.24) is 10.2 Å². The molecule has 0 bridgehead atoms. The second kappa shape index (κ2) is 11.7. The molecule has 0 aliphatic heterocycles. The number of hydrogen-bond acceptors (Lipinski definition) is 3. The van der Waals surface area contributed by atoms with E-state index >= 15 is 0 Å². The summed E-state index contributed by atoms with van der Waals surface area (Å²) in [5.74, 6) is 0.0129. The average molecular weight is 437 g/mol. The van der Waals surface area contributed by atoms with E-state index < -0.39 is 6.04 Å². The molecule has 29 heavy (non-hydrogen) atoms. The van der Waals surface area contributed by atoms with Crippen LogP contribution >= 0.6 is 23.2 Å². The first kappa shape index (κ1) is 23.0. The number of nitrogens with zero attached hydrogens (tertiary/aromatic N) is 1. The molecule has 2 rings (SSSR count). The number of rotatable bonds is 10. The zero-order valence-electron chi connectivity index (χ0n) is 16.7. The van der Waals surface area contributed by atoms with Crippen LogP contribution in [0.15, 0.2) is 48.5 Å². The van der Waals surface area contributed by atoms with Gasteiger partial charge in [-0.2, -0.15) is 0 Å². The number of unbranched alkanes of at least 4 members (excludes halogenated alkanes) is 1. The predicted molar refractivity (Wildman–Crippen MR) is 116 cm³/mol. The van der Waals surface area contributed by atoms with Gasteiger partial charge >= 0.3 is 0 Å². The molecule has 0 radical (unpaired) electrons. The summed E-state index contributed by atoms with van der Waals surface area (Å²) < 4.78 is 5.59. The van der Waals surface area contributed by atoms with Crippen LogP contribution in [-0.2, 0) is 16.1 Å². The van der Waals surface area contributed by atoms with E-state index in [4.69, 9.17) is 27.9 Å². The molecule has 156 valence electrons. The maximum atomic E-state index is 12.9. The fraction of sp³-hybridized carbons (Fsp3) is 0.364. The van der Waals surface area contributed by atoms with E-state index in [1.807, 2.05) is 12.1 Å². The van der Waals surface area contributed by atoms with E-state index in [0.29, 0.717) is 22.3 Å². The third kappa shape index (κ3) is 7.59. The molecule has 0 aliphatic carbocycles. The Bertz CT molecular complexity index is 812. The van der Waals surface area contributed by atoms with Crippen molar-refractivity contribution in [1.29, 1.82) is 0 Å². The second-order valence-electron chi connectivity index (χ2n) is 6.71. The lowest BCUT2D eigenvalue weighted by molar-refractivity contribution is -0.142. The Kier molecular flexibility index (Phi) is 9.29. The molecule has 0 unspecified atom stereocenters. The molecule has 0 saturated heterocycles. The number of carbonyl (C=O) groups excluding carboxylic acids is 2. The molecule has 1 N–H and O–H groups in total. The molecular formula is C22H26Cl2N2O3. The summed E-state index contributed by atoms with van der Waals surface area (Å²) in [6.45, 7) is 4.44. The Labute approximate surface area is 181 Å². The smallest absolute Gasteiger partial charge is 0.261 e. The standard InChI is InChI=1S/C22H26Cl2N2O3/c1-3-4-12-25-22(28)16(2)26(14-17-8-10-18(23)11-9-17)21(27)15-29-20-7-5-6-19(24)13-20/h5-11,13,16H,3-4,12,14-15H2,1-2H3,(H,25,28)/t16-/m0/s1. The highest BCUT2D eigenvalue weighted by Gasteiger charge is 2.26. The Morgan fingerprint density at radius 3 is 2.48 bits per heavy atom. The second-order valence-corrected chi connectivity index (χ2v) is 7.59. The highest BCUT2D eigenvalue weighted by atomic mass is 35.5. The van der Waals surface area contributed by atoms with Gasteiger partial charge in [-0.25, -0.2) is 0 Å². The van der Waals surface area contributed by atoms with Gasteiger partial charge in [-0.15, -0.1) is 0 Å². The summed E-state index contributed by atoms with van der Waals surface area (Å²) >= 11 is 11.9. The normalized spacial score (nSPS) is 11.6. The molecule has 1 atom stereocenters. The molecule has 0 fully saturated rings. The lowest BCUT2D eigenvalue weighted by atomic mass is 10.1. The van der Waals surface area contributed by atoms with E-state index in [-0.39, 0.29) is 25.0 Å². The number of nitrogens with one attached hydrogen (secondary N) is 1. The number of hydrogen-bond donors (Lipinski definition) is 1. The molecule has 0 aromatic heterocycles. The Hall–Kier alpha value is -2.24. The van der Waals surface area contributed by atoms with Gasteiger partial charge < -0.3 is 15.0 Å². The number of halogens is 2. The summed E-state index contributed by atoms with van der Waals surface area (Å²) in [5, 5.41) is 4.02. The van der Waals surface area contributed by atoms with Crippen LogP contribution < -0.4 is 10.1 Å². The topological polar surface area (TPSA) is 58.6 Å². The molecule has 0 heterocycles. The van der Waals surface area contributed by atoms with E-state index in [0.717, 1.165) is 18.4 Å². The first-order chi connectivity index (χ1) is 13.9. The van der Waals surface area contributed by atoms with Crippen molar-refractivity contribution < 1.29 is 14.3 Å². The molecule has 2 aromatic rings. The first-order valence-electron chi connectivity index (χ1n) is 9.60. The first-order valence-corrected chi connectivity index (χ1v) is 10.4. The zero-order chi connectivity index (χ0) is 21.2. The van der Waals surface area contributed by atoms with Crippen molar-refractivity contribution in [3.05, 3.63) is 64.1 Å². The van der Waals surface area contributed by atoms with E-state index in [1.165, 1.54) is 4.90 Å². The predicted octanol–water partition coefficient (Wildman–Crippen LogP) is 4.71. The summed E-state index contributed by atoms with van der Waals surface area (Å²) in [6, 6.07) is 13.4. The van der Waals surface area contributed by atoms with E-state index in [9.17, 15) is 9.59 Å². The van der Waals surface area contributed by atoms with Crippen molar-refractivity contribution in [3.8, 4) is 5.75 Å². The third-order valence-electron chi connectivity index (χ3n) is 4.42. The van der Waals surface area contributed by atoms with Crippen molar-refractivity contribution in [2.75, 3.05) is 13.2 Å².